The van der Waals surface area contributed by atoms with Crippen LogP contribution in [0.5, 0.6) is 0 Å². The molecular formula is C11H21N3O2. The smallest absolute Gasteiger partial charge is 0.316 e. The molecule has 1 unspecified atom stereocenters. The van der Waals surface area contributed by atoms with E-state index in [1.807, 2.05) is 6.92 Å². The molecule has 1 rings (SSSR count). The average molecular weight is 227 g/mol. The summed E-state index contributed by atoms with van der Waals surface area (Å²) in [6, 6.07) is -0.591. The third-order valence-corrected chi connectivity index (χ3v) is 3.18. The molecule has 1 fully saturated rings. The Kier molecular flexibility index (Phi) is 4.29. The molecule has 0 radical (unpaired) electrons. The van der Waals surface area contributed by atoms with Crippen LogP contribution in [0.25, 0.3) is 0 Å². The highest BCUT2D eigenvalue weighted by Gasteiger charge is 2.42. The van der Waals surface area contributed by atoms with Gasteiger partial charge in [0, 0.05) is 13.0 Å². The summed E-state index contributed by atoms with van der Waals surface area (Å²) in [5, 5.41) is 0. The molecule has 5 nitrogen and oxygen atoms in total. The van der Waals surface area contributed by atoms with Gasteiger partial charge in [0.2, 0.25) is 0 Å². The summed E-state index contributed by atoms with van der Waals surface area (Å²) in [5.41, 5.74) is 10.2. The maximum absolute atomic E-state index is 12.0. The van der Waals surface area contributed by atoms with E-state index in [4.69, 9.17) is 11.5 Å². The fourth-order valence-corrected chi connectivity index (χ4v) is 2.15. The van der Waals surface area contributed by atoms with E-state index in [1.54, 1.807) is 0 Å². The molecule has 1 aliphatic heterocycles. The normalized spacial score (nSPS) is 25.5. The van der Waals surface area contributed by atoms with E-state index >= 15 is 0 Å². The molecule has 0 saturated carbocycles. The molecule has 5 heteroatoms. The molecule has 1 aliphatic rings. The Hall–Kier alpha value is -1.10. The van der Waals surface area contributed by atoms with E-state index in [9.17, 15) is 9.59 Å². The maximum Gasteiger partial charge on any atom is 0.316 e. The van der Waals surface area contributed by atoms with E-state index in [-0.39, 0.29) is 5.78 Å². The predicted molar refractivity (Wildman–Crippen MR) is 61.6 cm³/mol. The zero-order valence-electron chi connectivity index (χ0n) is 9.87. The summed E-state index contributed by atoms with van der Waals surface area (Å²) in [6.45, 7) is 2.51. The van der Waals surface area contributed by atoms with Crippen LogP contribution in [0.1, 0.15) is 45.4 Å². The topological polar surface area (TPSA) is 89.4 Å². The number of hydrogen-bond donors (Lipinski definition) is 2. The minimum atomic E-state index is -1.15. The summed E-state index contributed by atoms with van der Waals surface area (Å²) in [4.78, 5) is 24.6. The monoisotopic (exact) mass is 227 g/mol. The van der Waals surface area contributed by atoms with Gasteiger partial charge in [-0.05, 0) is 25.7 Å². The Balaban J connectivity index is 2.76. The average Bonchev–Trinajstić information content (AvgIpc) is 2.25. The van der Waals surface area contributed by atoms with Crippen molar-refractivity contribution < 1.29 is 9.59 Å². The summed E-state index contributed by atoms with van der Waals surface area (Å²) >= 11 is 0. The number of carbonyl (C=O) groups excluding carboxylic acids is 2. The molecule has 0 bridgehead atoms. The Morgan fingerprint density at radius 2 is 2.06 bits per heavy atom. The van der Waals surface area contributed by atoms with Crippen LogP contribution < -0.4 is 11.5 Å². The number of urea groups is 1. The van der Waals surface area contributed by atoms with Gasteiger partial charge in [-0.1, -0.05) is 13.3 Å². The van der Waals surface area contributed by atoms with Crippen LogP contribution in [-0.4, -0.2) is 28.9 Å². The first-order chi connectivity index (χ1) is 7.52. The molecule has 0 aromatic carbocycles. The van der Waals surface area contributed by atoms with Crippen LogP contribution in [0.2, 0.25) is 0 Å². The van der Waals surface area contributed by atoms with Crippen molar-refractivity contribution in [2.24, 2.45) is 11.5 Å². The second kappa shape index (κ2) is 5.30. The lowest BCUT2D eigenvalue weighted by molar-refractivity contribution is -0.131. The largest absolute Gasteiger partial charge is 0.351 e. The number of carbonyl (C=O) groups is 2. The van der Waals surface area contributed by atoms with Gasteiger partial charge in [0.25, 0.3) is 0 Å². The number of hydrogen-bond acceptors (Lipinski definition) is 3. The molecule has 0 aromatic rings. The van der Waals surface area contributed by atoms with E-state index in [1.165, 1.54) is 4.90 Å². The van der Waals surface area contributed by atoms with Crippen molar-refractivity contribution >= 4 is 11.8 Å². The number of piperidine rings is 1. The number of amides is 2. The Morgan fingerprint density at radius 1 is 1.38 bits per heavy atom. The van der Waals surface area contributed by atoms with Crippen molar-refractivity contribution in [3.8, 4) is 0 Å². The minimum absolute atomic E-state index is 0.0622. The number of nitrogens with zero attached hydrogens (tertiary/aromatic N) is 1. The molecule has 1 saturated heterocycles. The number of ketones is 1. The lowest BCUT2D eigenvalue weighted by Crippen LogP contribution is -2.66. The van der Waals surface area contributed by atoms with E-state index < -0.39 is 11.7 Å². The highest BCUT2D eigenvalue weighted by atomic mass is 16.2. The minimum Gasteiger partial charge on any atom is -0.351 e. The number of primary amides is 1. The second-order valence-electron chi connectivity index (χ2n) is 4.40. The summed E-state index contributed by atoms with van der Waals surface area (Å²) in [6.07, 6.45) is 4.44. The third-order valence-electron chi connectivity index (χ3n) is 3.18. The van der Waals surface area contributed by atoms with Crippen LogP contribution >= 0.6 is 0 Å². The van der Waals surface area contributed by atoms with Crippen molar-refractivity contribution in [1.82, 2.24) is 4.90 Å². The van der Waals surface area contributed by atoms with Gasteiger partial charge in [-0.15, -0.1) is 0 Å². The van der Waals surface area contributed by atoms with E-state index in [2.05, 4.69) is 0 Å². The Morgan fingerprint density at radius 3 is 2.62 bits per heavy atom. The van der Waals surface area contributed by atoms with Gasteiger partial charge < -0.3 is 11.5 Å². The van der Waals surface area contributed by atoms with Crippen molar-refractivity contribution in [2.75, 3.05) is 6.54 Å². The molecule has 1 atom stereocenters. The number of nitrogens with two attached hydrogens (primary N) is 2. The van der Waals surface area contributed by atoms with Gasteiger partial charge in [-0.2, -0.15) is 0 Å². The summed E-state index contributed by atoms with van der Waals surface area (Å²) < 4.78 is 0. The first-order valence-electron chi connectivity index (χ1n) is 5.91. The van der Waals surface area contributed by atoms with Crippen LogP contribution in [0.4, 0.5) is 4.79 Å². The molecule has 2 amide bonds. The van der Waals surface area contributed by atoms with Gasteiger partial charge in [0.05, 0.1) is 0 Å². The molecule has 0 aliphatic carbocycles. The van der Waals surface area contributed by atoms with Crippen LogP contribution in [0.3, 0.4) is 0 Å². The van der Waals surface area contributed by atoms with Gasteiger partial charge in [0.15, 0.2) is 11.4 Å². The van der Waals surface area contributed by atoms with Gasteiger partial charge >= 0.3 is 6.03 Å². The lowest BCUT2D eigenvalue weighted by Gasteiger charge is -2.42. The molecule has 92 valence electrons. The van der Waals surface area contributed by atoms with Gasteiger partial charge in [-0.25, -0.2) is 4.79 Å². The molecule has 1 heterocycles. The first-order valence-corrected chi connectivity index (χ1v) is 5.91. The van der Waals surface area contributed by atoms with Crippen LogP contribution in [0.15, 0.2) is 0 Å². The highest BCUT2D eigenvalue weighted by Crippen LogP contribution is 2.25. The van der Waals surface area contributed by atoms with Crippen molar-refractivity contribution in [2.45, 2.75) is 51.1 Å². The molecule has 4 N–H and O–H groups in total. The predicted octanol–water partition coefficient (Wildman–Crippen LogP) is 0.965. The fourth-order valence-electron chi connectivity index (χ4n) is 2.15. The van der Waals surface area contributed by atoms with Crippen molar-refractivity contribution in [3.05, 3.63) is 0 Å². The first kappa shape index (κ1) is 13.0. The summed E-state index contributed by atoms with van der Waals surface area (Å²) in [7, 11) is 0. The van der Waals surface area contributed by atoms with E-state index in [0.717, 1.165) is 25.7 Å². The van der Waals surface area contributed by atoms with Crippen molar-refractivity contribution in [3.63, 3.8) is 0 Å². The quantitative estimate of drug-likeness (QED) is 0.749. The number of Topliss-reactive ketones (excluding diaryl/α,β-unsaturated/α-hetero) is 1. The van der Waals surface area contributed by atoms with Gasteiger partial charge in [0.1, 0.15) is 0 Å². The fraction of sp³-hybridized carbons (Fsp3) is 0.818. The molecular weight excluding hydrogens is 206 g/mol. The SMILES string of the molecule is CCCCC(=O)C1(N)CCCCN1C(N)=O. The van der Waals surface area contributed by atoms with Crippen molar-refractivity contribution in [1.29, 1.82) is 0 Å². The maximum atomic E-state index is 12.0. The number of unbranched alkanes of at least 4 members (excludes halogenated alkanes) is 1. The zero-order chi connectivity index (χ0) is 12.2. The zero-order valence-corrected chi connectivity index (χ0v) is 9.87. The van der Waals surface area contributed by atoms with Crippen LogP contribution in [0, 0.1) is 0 Å². The van der Waals surface area contributed by atoms with E-state index in [0.29, 0.717) is 19.4 Å². The second-order valence-corrected chi connectivity index (χ2v) is 4.40. The molecule has 0 aromatic heterocycles. The third kappa shape index (κ3) is 2.52. The summed E-state index contributed by atoms with van der Waals surface area (Å²) in [5.74, 6) is -0.0622. The van der Waals surface area contributed by atoms with Crippen LogP contribution in [-0.2, 0) is 4.79 Å². The Labute approximate surface area is 96.1 Å². The molecule has 16 heavy (non-hydrogen) atoms. The lowest BCUT2D eigenvalue weighted by atomic mass is 9.89. The van der Waals surface area contributed by atoms with Gasteiger partial charge in [-0.3, -0.25) is 9.69 Å². The highest BCUT2D eigenvalue weighted by molar-refractivity contribution is 5.91. The number of likely N-dealkylation sites (tertiary alicyclic amines) is 1. The molecule has 0 spiro atoms. The number of rotatable bonds is 4. The standard InChI is InChI=1S/C11H21N3O2/c1-2-3-6-9(15)11(13)7-4-5-8-14(11)10(12)16/h2-8,13H2,1H3,(H2,12,16). The Bertz CT molecular complexity index is 280.